The molecule has 0 saturated carbocycles. The van der Waals surface area contributed by atoms with Crippen molar-refractivity contribution in [1.82, 2.24) is 9.47 Å². The summed E-state index contributed by atoms with van der Waals surface area (Å²) in [5.74, 6) is 0.399. The normalized spacial score (nSPS) is 12.6. The lowest BCUT2D eigenvalue weighted by Crippen LogP contribution is -2.36. The van der Waals surface area contributed by atoms with Gasteiger partial charge in [0.2, 0.25) is 0 Å². The largest absolute Gasteiger partial charge is 0.389 e. The van der Waals surface area contributed by atoms with E-state index in [1.807, 2.05) is 24.4 Å². The number of aliphatic hydroxyl groups excluding tert-OH is 1. The molecule has 154 valence electrons. The lowest BCUT2D eigenvalue weighted by atomic mass is 10.1. The maximum atomic E-state index is 14.0. The molecule has 0 amide bonds. The van der Waals surface area contributed by atoms with Crippen LogP contribution in [0, 0.1) is 11.7 Å². The van der Waals surface area contributed by atoms with E-state index < -0.39 is 6.10 Å². The van der Waals surface area contributed by atoms with Crippen molar-refractivity contribution < 1.29 is 14.2 Å². The number of benzene rings is 1. The molecule has 0 unspecified atom stereocenters. The van der Waals surface area contributed by atoms with Gasteiger partial charge in [-0.25, -0.2) is 4.39 Å². The standard InChI is InChI=1S/C23H33FN2O2/c1-4-14-28-18-22(27)17-25(13-11-19(2)3)16-21-9-7-12-26(21)15-20-8-5-6-10-23(20)24/h4-10,12,19,22,27H,1,11,13-18H2,2-3H3/t22-/m1/s1. The molecule has 1 aromatic carbocycles. The zero-order valence-electron chi connectivity index (χ0n) is 17.1. The topological polar surface area (TPSA) is 37.6 Å². The molecule has 1 aromatic heterocycles. The number of hydrogen-bond donors (Lipinski definition) is 1. The second kappa shape index (κ2) is 11.8. The molecule has 4 nitrogen and oxygen atoms in total. The van der Waals surface area contributed by atoms with Crippen LogP contribution >= 0.6 is 0 Å². The van der Waals surface area contributed by atoms with Crippen molar-refractivity contribution in [3.8, 4) is 0 Å². The van der Waals surface area contributed by atoms with Gasteiger partial charge in [0.05, 0.1) is 25.9 Å². The summed E-state index contributed by atoms with van der Waals surface area (Å²) in [5.41, 5.74) is 1.78. The molecular weight excluding hydrogens is 355 g/mol. The molecule has 2 aromatic rings. The molecular formula is C23H33FN2O2. The summed E-state index contributed by atoms with van der Waals surface area (Å²) < 4.78 is 21.5. The number of rotatable bonds is 13. The van der Waals surface area contributed by atoms with E-state index in [-0.39, 0.29) is 5.82 Å². The molecule has 0 aliphatic rings. The van der Waals surface area contributed by atoms with Gasteiger partial charge in [-0.3, -0.25) is 4.90 Å². The van der Waals surface area contributed by atoms with Crippen molar-refractivity contribution in [3.63, 3.8) is 0 Å². The molecule has 0 bridgehead atoms. The van der Waals surface area contributed by atoms with Crippen LogP contribution in [0.15, 0.2) is 55.3 Å². The molecule has 2 rings (SSSR count). The summed E-state index contributed by atoms with van der Waals surface area (Å²) in [4.78, 5) is 2.25. The lowest BCUT2D eigenvalue weighted by Gasteiger charge is -2.26. The van der Waals surface area contributed by atoms with E-state index in [0.29, 0.717) is 44.3 Å². The summed E-state index contributed by atoms with van der Waals surface area (Å²) >= 11 is 0. The van der Waals surface area contributed by atoms with Crippen molar-refractivity contribution in [3.05, 3.63) is 72.3 Å². The van der Waals surface area contributed by atoms with Gasteiger partial charge < -0.3 is 14.4 Å². The maximum absolute atomic E-state index is 14.0. The van der Waals surface area contributed by atoms with Crippen LogP contribution in [-0.2, 0) is 17.8 Å². The number of aliphatic hydroxyl groups is 1. The first-order valence-electron chi connectivity index (χ1n) is 9.96. The van der Waals surface area contributed by atoms with Gasteiger partial charge in [0.15, 0.2) is 0 Å². The Kier molecular flexibility index (Phi) is 9.41. The highest BCUT2D eigenvalue weighted by Crippen LogP contribution is 2.14. The third-order valence-electron chi connectivity index (χ3n) is 4.65. The molecule has 5 heteroatoms. The second-order valence-corrected chi connectivity index (χ2v) is 7.62. The second-order valence-electron chi connectivity index (χ2n) is 7.62. The summed E-state index contributed by atoms with van der Waals surface area (Å²) in [7, 11) is 0. The summed E-state index contributed by atoms with van der Waals surface area (Å²) in [6, 6.07) is 10.9. The van der Waals surface area contributed by atoms with E-state index in [1.165, 1.54) is 6.07 Å². The number of hydrogen-bond acceptors (Lipinski definition) is 3. The fourth-order valence-electron chi connectivity index (χ4n) is 3.10. The van der Waals surface area contributed by atoms with Crippen LogP contribution in [0.3, 0.4) is 0 Å². The van der Waals surface area contributed by atoms with Gasteiger partial charge >= 0.3 is 0 Å². The Morgan fingerprint density at radius 3 is 2.75 bits per heavy atom. The van der Waals surface area contributed by atoms with Crippen molar-refractivity contribution in [2.45, 2.75) is 39.5 Å². The summed E-state index contributed by atoms with van der Waals surface area (Å²) in [5, 5.41) is 10.3. The number of aromatic nitrogens is 1. The molecule has 0 aliphatic heterocycles. The van der Waals surface area contributed by atoms with E-state index in [2.05, 4.69) is 36.0 Å². The predicted octanol–water partition coefficient (Wildman–Crippen LogP) is 4.09. The monoisotopic (exact) mass is 388 g/mol. The molecule has 1 atom stereocenters. The van der Waals surface area contributed by atoms with Crippen LogP contribution in [0.1, 0.15) is 31.5 Å². The Morgan fingerprint density at radius 2 is 2.04 bits per heavy atom. The molecule has 1 N–H and O–H groups in total. The van der Waals surface area contributed by atoms with E-state index in [1.54, 1.807) is 12.1 Å². The molecule has 0 radical (unpaired) electrons. The number of halogens is 1. The van der Waals surface area contributed by atoms with Crippen molar-refractivity contribution >= 4 is 0 Å². The highest BCUT2D eigenvalue weighted by atomic mass is 19.1. The summed E-state index contributed by atoms with van der Waals surface area (Å²) in [6.45, 7) is 11.4. The van der Waals surface area contributed by atoms with Gasteiger partial charge in [0, 0.05) is 30.5 Å². The first-order valence-corrected chi connectivity index (χ1v) is 9.96. The molecule has 0 spiro atoms. The van der Waals surface area contributed by atoms with Gasteiger partial charge in [-0.15, -0.1) is 6.58 Å². The van der Waals surface area contributed by atoms with E-state index in [0.717, 1.165) is 18.7 Å². The first kappa shape index (κ1) is 22.3. The zero-order valence-corrected chi connectivity index (χ0v) is 17.1. The average molecular weight is 389 g/mol. The van der Waals surface area contributed by atoms with Gasteiger partial charge in [0.25, 0.3) is 0 Å². The van der Waals surface area contributed by atoms with Crippen molar-refractivity contribution in [2.24, 2.45) is 5.92 Å². The van der Waals surface area contributed by atoms with Crippen LogP contribution in [0.2, 0.25) is 0 Å². The van der Waals surface area contributed by atoms with E-state index in [4.69, 9.17) is 4.74 Å². The predicted molar refractivity (Wildman–Crippen MR) is 112 cm³/mol. The Morgan fingerprint density at radius 1 is 1.25 bits per heavy atom. The first-order chi connectivity index (χ1) is 13.5. The van der Waals surface area contributed by atoms with Crippen LogP contribution in [0.25, 0.3) is 0 Å². The fraction of sp³-hybridized carbons (Fsp3) is 0.478. The Balaban J connectivity index is 2.03. The zero-order chi connectivity index (χ0) is 20.4. The minimum atomic E-state index is -0.554. The average Bonchev–Trinajstić information content (AvgIpc) is 3.08. The van der Waals surface area contributed by atoms with Crippen molar-refractivity contribution in [2.75, 3.05) is 26.3 Å². The maximum Gasteiger partial charge on any atom is 0.128 e. The SMILES string of the molecule is C=CCOC[C@H](O)CN(CCC(C)C)Cc1cccn1Cc1ccccc1F. The van der Waals surface area contributed by atoms with Crippen molar-refractivity contribution in [1.29, 1.82) is 0 Å². The fourth-order valence-corrected chi connectivity index (χ4v) is 3.10. The van der Waals surface area contributed by atoms with Crippen LogP contribution in [0.4, 0.5) is 4.39 Å². The quantitative estimate of drug-likeness (QED) is 0.415. The highest BCUT2D eigenvalue weighted by Gasteiger charge is 2.15. The number of ether oxygens (including phenoxy) is 1. The highest BCUT2D eigenvalue weighted by molar-refractivity contribution is 5.19. The van der Waals surface area contributed by atoms with Crippen LogP contribution in [0.5, 0.6) is 0 Å². The molecule has 0 fully saturated rings. The minimum absolute atomic E-state index is 0.186. The van der Waals surface area contributed by atoms with E-state index in [9.17, 15) is 9.50 Å². The van der Waals surface area contributed by atoms with Crippen LogP contribution in [-0.4, -0.2) is 47.0 Å². The smallest absolute Gasteiger partial charge is 0.128 e. The Hall–Kier alpha value is -1.95. The Bertz CT molecular complexity index is 714. The molecule has 28 heavy (non-hydrogen) atoms. The third kappa shape index (κ3) is 7.58. The van der Waals surface area contributed by atoms with Crippen LogP contribution < -0.4 is 0 Å². The lowest BCUT2D eigenvalue weighted by molar-refractivity contribution is 0.0233. The molecule has 1 heterocycles. The van der Waals surface area contributed by atoms with Gasteiger partial charge in [0.1, 0.15) is 5.82 Å². The minimum Gasteiger partial charge on any atom is -0.389 e. The molecule has 0 aliphatic carbocycles. The third-order valence-corrected chi connectivity index (χ3v) is 4.65. The van der Waals surface area contributed by atoms with E-state index >= 15 is 0 Å². The van der Waals surface area contributed by atoms with Gasteiger partial charge in [-0.2, -0.15) is 0 Å². The Labute approximate surface area is 168 Å². The summed E-state index contributed by atoms with van der Waals surface area (Å²) in [6.07, 6.45) is 4.15. The number of nitrogens with zero attached hydrogens (tertiary/aromatic N) is 2. The van der Waals surface area contributed by atoms with Gasteiger partial charge in [-0.1, -0.05) is 38.1 Å². The van der Waals surface area contributed by atoms with Gasteiger partial charge in [-0.05, 0) is 37.1 Å². The molecule has 0 saturated heterocycles.